The standard InChI is InChI=1S/C12H14F2O2S/c1-2-17(15,16)11-7-5-10(6-8-11)12(13,14)9-3-4-9/h5-9H,2-4H2,1H3. The molecule has 0 radical (unpaired) electrons. The van der Waals surface area contributed by atoms with E-state index in [0.29, 0.717) is 12.8 Å². The van der Waals surface area contributed by atoms with Gasteiger partial charge in [0.2, 0.25) is 0 Å². The predicted octanol–water partition coefficient (Wildman–Crippen LogP) is 2.98. The number of halogens is 2. The number of rotatable bonds is 4. The molecular formula is C12H14F2O2S. The Hall–Kier alpha value is -0.970. The summed E-state index contributed by atoms with van der Waals surface area (Å²) in [5.74, 6) is -3.42. The maximum Gasteiger partial charge on any atom is 0.276 e. The van der Waals surface area contributed by atoms with Crippen LogP contribution in [0.4, 0.5) is 8.78 Å². The summed E-state index contributed by atoms with van der Waals surface area (Å²) in [4.78, 5) is 0.107. The molecule has 1 aliphatic carbocycles. The largest absolute Gasteiger partial charge is 0.276 e. The van der Waals surface area contributed by atoms with Crippen molar-refractivity contribution in [1.82, 2.24) is 0 Å². The molecule has 5 heteroatoms. The molecule has 0 heterocycles. The first-order valence-electron chi connectivity index (χ1n) is 5.59. The third-order valence-electron chi connectivity index (χ3n) is 3.07. The number of alkyl halides is 2. The van der Waals surface area contributed by atoms with Crippen LogP contribution in [0.2, 0.25) is 0 Å². The van der Waals surface area contributed by atoms with Crippen LogP contribution in [0.3, 0.4) is 0 Å². The maximum atomic E-state index is 13.7. The van der Waals surface area contributed by atoms with Gasteiger partial charge in [0.1, 0.15) is 0 Å². The molecular weight excluding hydrogens is 246 g/mol. The molecule has 0 spiro atoms. The summed E-state index contributed by atoms with van der Waals surface area (Å²) in [5, 5.41) is 0. The van der Waals surface area contributed by atoms with E-state index in [4.69, 9.17) is 0 Å². The lowest BCUT2D eigenvalue weighted by Crippen LogP contribution is -2.16. The van der Waals surface area contributed by atoms with E-state index in [1.54, 1.807) is 0 Å². The highest BCUT2D eigenvalue weighted by molar-refractivity contribution is 7.91. The number of hydrogen-bond acceptors (Lipinski definition) is 2. The molecule has 0 unspecified atom stereocenters. The minimum atomic E-state index is -3.31. The first-order valence-corrected chi connectivity index (χ1v) is 7.24. The van der Waals surface area contributed by atoms with Crippen molar-refractivity contribution in [2.75, 3.05) is 5.75 Å². The first-order chi connectivity index (χ1) is 7.88. The van der Waals surface area contributed by atoms with Gasteiger partial charge >= 0.3 is 0 Å². The van der Waals surface area contributed by atoms with Gasteiger partial charge < -0.3 is 0 Å². The van der Waals surface area contributed by atoms with Crippen molar-refractivity contribution in [3.63, 3.8) is 0 Å². The van der Waals surface area contributed by atoms with Crippen LogP contribution in [-0.2, 0) is 15.8 Å². The van der Waals surface area contributed by atoms with Gasteiger partial charge in [-0.15, -0.1) is 0 Å². The molecule has 2 rings (SSSR count). The maximum absolute atomic E-state index is 13.7. The smallest absolute Gasteiger partial charge is 0.224 e. The van der Waals surface area contributed by atoms with Crippen LogP contribution in [0.15, 0.2) is 29.2 Å². The number of hydrogen-bond donors (Lipinski definition) is 0. The predicted molar refractivity (Wildman–Crippen MR) is 60.8 cm³/mol. The van der Waals surface area contributed by atoms with E-state index in [-0.39, 0.29) is 16.2 Å². The Kier molecular flexibility index (Phi) is 2.97. The topological polar surface area (TPSA) is 34.1 Å². The average molecular weight is 260 g/mol. The number of sulfone groups is 1. The Balaban J connectivity index is 2.30. The molecule has 1 aliphatic rings. The van der Waals surface area contributed by atoms with Crippen molar-refractivity contribution in [1.29, 1.82) is 0 Å². The Labute approximate surface area is 99.6 Å². The molecule has 1 saturated carbocycles. The van der Waals surface area contributed by atoms with Crippen LogP contribution in [-0.4, -0.2) is 14.2 Å². The second kappa shape index (κ2) is 4.05. The molecule has 0 N–H and O–H groups in total. The second-order valence-electron chi connectivity index (χ2n) is 4.33. The Morgan fingerprint density at radius 3 is 2.18 bits per heavy atom. The molecule has 1 aromatic carbocycles. The van der Waals surface area contributed by atoms with E-state index < -0.39 is 21.7 Å². The first kappa shape index (κ1) is 12.5. The van der Waals surface area contributed by atoms with Crippen molar-refractivity contribution in [2.45, 2.75) is 30.6 Å². The van der Waals surface area contributed by atoms with Gasteiger partial charge in [0.05, 0.1) is 10.6 Å². The normalized spacial score (nSPS) is 17.1. The monoisotopic (exact) mass is 260 g/mol. The zero-order valence-corrected chi connectivity index (χ0v) is 10.3. The second-order valence-corrected chi connectivity index (χ2v) is 6.60. The van der Waals surface area contributed by atoms with Gasteiger partial charge in [0.25, 0.3) is 5.92 Å². The SMILES string of the molecule is CCS(=O)(=O)c1ccc(C(F)(F)C2CC2)cc1. The number of benzene rings is 1. The Bertz CT molecular complexity index is 502. The zero-order chi connectivity index (χ0) is 12.7. The molecule has 2 nitrogen and oxygen atoms in total. The lowest BCUT2D eigenvalue weighted by atomic mass is 10.0. The summed E-state index contributed by atoms with van der Waals surface area (Å²) in [6.45, 7) is 1.53. The molecule has 17 heavy (non-hydrogen) atoms. The highest BCUT2D eigenvalue weighted by Gasteiger charge is 2.47. The highest BCUT2D eigenvalue weighted by atomic mass is 32.2. The van der Waals surface area contributed by atoms with E-state index >= 15 is 0 Å². The molecule has 0 saturated heterocycles. The lowest BCUT2D eigenvalue weighted by molar-refractivity contribution is -0.0286. The van der Waals surface area contributed by atoms with Gasteiger partial charge in [-0.3, -0.25) is 0 Å². The zero-order valence-electron chi connectivity index (χ0n) is 9.49. The third kappa shape index (κ3) is 2.34. The summed E-state index contributed by atoms with van der Waals surface area (Å²) in [6, 6.07) is 4.98. The minimum absolute atomic E-state index is 0.0225. The Morgan fingerprint density at radius 1 is 1.24 bits per heavy atom. The van der Waals surface area contributed by atoms with Crippen LogP contribution in [0, 0.1) is 5.92 Å². The molecule has 1 fully saturated rings. The average Bonchev–Trinajstić information content (AvgIpc) is 3.13. The molecule has 1 aromatic rings. The van der Waals surface area contributed by atoms with Crippen LogP contribution < -0.4 is 0 Å². The minimum Gasteiger partial charge on any atom is -0.224 e. The summed E-state index contributed by atoms with van der Waals surface area (Å²) >= 11 is 0. The van der Waals surface area contributed by atoms with Crippen molar-refractivity contribution < 1.29 is 17.2 Å². The summed E-state index contributed by atoms with van der Waals surface area (Å²) < 4.78 is 50.4. The van der Waals surface area contributed by atoms with E-state index in [1.807, 2.05) is 0 Å². The van der Waals surface area contributed by atoms with Crippen LogP contribution in [0.1, 0.15) is 25.3 Å². The van der Waals surface area contributed by atoms with Crippen molar-refractivity contribution >= 4 is 9.84 Å². The van der Waals surface area contributed by atoms with Crippen molar-refractivity contribution in [3.05, 3.63) is 29.8 Å². The van der Waals surface area contributed by atoms with Crippen molar-refractivity contribution in [2.24, 2.45) is 5.92 Å². The summed E-state index contributed by atoms with van der Waals surface area (Å²) in [6.07, 6.45) is 1.09. The van der Waals surface area contributed by atoms with Crippen LogP contribution >= 0.6 is 0 Å². The van der Waals surface area contributed by atoms with Gasteiger partial charge in [0.15, 0.2) is 9.84 Å². The molecule has 0 aliphatic heterocycles. The molecule has 0 aromatic heterocycles. The van der Waals surface area contributed by atoms with E-state index in [0.717, 1.165) is 0 Å². The molecule has 0 atom stereocenters. The van der Waals surface area contributed by atoms with E-state index in [2.05, 4.69) is 0 Å². The fourth-order valence-corrected chi connectivity index (χ4v) is 2.62. The third-order valence-corrected chi connectivity index (χ3v) is 4.82. The fraction of sp³-hybridized carbons (Fsp3) is 0.500. The fourth-order valence-electron chi connectivity index (χ4n) is 1.73. The summed E-state index contributed by atoms with van der Waals surface area (Å²) in [5.41, 5.74) is -0.0879. The molecule has 0 amide bonds. The van der Waals surface area contributed by atoms with E-state index in [9.17, 15) is 17.2 Å². The van der Waals surface area contributed by atoms with Gasteiger partial charge in [0, 0.05) is 11.5 Å². The molecule has 0 bridgehead atoms. The Morgan fingerprint density at radius 2 is 1.76 bits per heavy atom. The van der Waals surface area contributed by atoms with Gasteiger partial charge in [-0.05, 0) is 25.0 Å². The summed E-state index contributed by atoms with van der Waals surface area (Å²) in [7, 11) is -3.31. The molecule has 94 valence electrons. The van der Waals surface area contributed by atoms with Gasteiger partial charge in [-0.1, -0.05) is 19.1 Å². The van der Waals surface area contributed by atoms with Crippen molar-refractivity contribution in [3.8, 4) is 0 Å². The van der Waals surface area contributed by atoms with Crippen LogP contribution in [0.5, 0.6) is 0 Å². The van der Waals surface area contributed by atoms with Gasteiger partial charge in [-0.2, -0.15) is 0 Å². The highest BCUT2D eigenvalue weighted by Crippen LogP contribution is 2.49. The quantitative estimate of drug-likeness (QED) is 0.834. The van der Waals surface area contributed by atoms with Crippen LogP contribution in [0.25, 0.3) is 0 Å². The van der Waals surface area contributed by atoms with Gasteiger partial charge in [-0.25, -0.2) is 17.2 Å². The lowest BCUT2D eigenvalue weighted by Gasteiger charge is -2.16. The van der Waals surface area contributed by atoms with E-state index in [1.165, 1.54) is 31.2 Å².